The summed E-state index contributed by atoms with van der Waals surface area (Å²) in [5.74, 6) is -1.46. The number of thioether (sulfide) groups is 1. The summed E-state index contributed by atoms with van der Waals surface area (Å²) in [6, 6.07) is 13.0. The van der Waals surface area contributed by atoms with Crippen LogP contribution in [-0.4, -0.2) is 78.7 Å². The Balaban J connectivity index is 1.69. The maximum absolute atomic E-state index is 14.8. The summed E-state index contributed by atoms with van der Waals surface area (Å²) in [5, 5.41) is 6.31. The number of rotatable bonds is 8. The van der Waals surface area contributed by atoms with Crippen LogP contribution in [0.4, 0.5) is 8.78 Å². The van der Waals surface area contributed by atoms with Gasteiger partial charge in [-0.25, -0.2) is 13.8 Å². The molecule has 0 N–H and O–H groups in total. The number of halogens is 2. The minimum atomic E-state index is -0.897. The average molecular weight is 503 g/mol. The van der Waals surface area contributed by atoms with E-state index in [-0.39, 0.29) is 16.5 Å². The van der Waals surface area contributed by atoms with Crippen LogP contribution in [0.2, 0.25) is 0 Å². The Morgan fingerprint density at radius 1 is 1.14 bits per heavy atom. The molecule has 2 atom stereocenters. The molecule has 2 aromatic carbocycles. The van der Waals surface area contributed by atoms with Gasteiger partial charge in [-0.1, -0.05) is 42.1 Å². The predicted octanol–water partition coefficient (Wildman–Crippen LogP) is 4.12. The number of hydrogen-bond acceptors (Lipinski definition) is 6. The van der Waals surface area contributed by atoms with Crippen LogP contribution >= 0.6 is 11.8 Å². The number of piperazine rings is 1. The van der Waals surface area contributed by atoms with Crippen molar-refractivity contribution in [3.63, 3.8) is 0 Å². The lowest BCUT2D eigenvalue weighted by Gasteiger charge is -2.38. The Labute approximate surface area is 209 Å². The van der Waals surface area contributed by atoms with E-state index in [1.54, 1.807) is 6.92 Å². The molecular formula is C26H32F2N4O2S. The van der Waals surface area contributed by atoms with E-state index >= 15 is 0 Å². The van der Waals surface area contributed by atoms with Gasteiger partial charge in [0.05, 0.1) is 0 Å². The molecule has 2 aliphatic heterocycles. The van der Waals surface area contributed by atoms with E-state index < -0.39 is 22.6 Å². The Morgan fingerprint density at radius 3 is 2.54 bits per heavy atom. The Morgan fingerprint density at radius 2 is 1.86 bits per heavy atom. The predicted molar refractivity (Wildman–Crippen MR) is 135 cm³/mol. The first-order valence-electron chi connectivity index (χ1n) is 11.9. The largest absolute Gasteiger partial charge is 0.372 e. The molecule has 0 spiro atoms. The molecule has 9 heteroatoms. The van der Waals surface area contributed by atoms with Crippen LogP contribution in [0.5, 0.6) is 0 Å². The van der Waals surface area contributed by atoms with E-state index in [2.05, 4.69) is 21.9 Å². The molecule has 1 saturated heterocycles. The number of ether oxygens (including phenoxy) is 1. The van der Waals surface area contributed by atoms with Crippen LogP contribution in [-0.2, 0) is 14.4 Å². The number of amides is 1. The number of methoxy groups -OCH3 is 1. The SMILES string of the molecule is CO[C@@H](C)C(=O)N1N=C(c2cc(F)ccc2F)SC1(CCCN1CCN(C)CC1)c1ccccc1. The first kappa shape index (κ1) is 25.8. The van der Waals surface area contributed by atoms with Crippen molar-refractivity contribution < 1.29 is 18.3 Å². The van der Waals surface area contributed by atoms with Crippen molar-refractivity contribution in [1.82, 2.24) is 14.8 Å². The van der Waals surface area contributed by atoms with Crippen LogP contribution in [0, 0.1) is 11.6 Å². The van der Waals surface area contributed by atoms with Gasteiger partial charge in [-0.2, -0.15) is 5.10 Å². The molecule has 1 amide bonds. The fraction of sp³-hybridized carbons (Fsp3) is 0.462. The molecule has 2 heterocycles. The van der Waals surface area contributed by atoms with Crippen molar-refractivity contribution in [2.75, 3.05) is 46.9 Å². The van der Waals surface area contributed by atoms with E-state index in [1.807, 2.05) is 30.3 Å². The molecule has 0 aromatic heterocycles. The summed E-state index contributed by atoms with van der Waals surface area (Å²) in [5.41, 5.74) is 0.935. The lowest BCUT2D eigenvalue weighted by Crippen LogP contribution is -2.47. The Bertz CT molecular complexity index is 1060. The van der Waals surface area contributed by atoms with E-state index in [0.717, 1.165) is 62.9 Å². The van der Waals surface area contributed by atoms with Gasteiger partial charge in [0, 0.05) is 38.9 Å². The van der Waals surface area contributed by atoms with Crippen molar-refractivity contribution in [3.05, 3.63) is 71.3 Å². The molecule has 4 rings (SSSR count). The molecule has 2 aromatic rings. The highest BCUT2D eigenvalue weighted by Crippen LogP contribution is 2.51. The molecule has 0 bridgehead atoms. The topological polar surface area (TPSA) is 48.4 Å². The summed E-state index contributed by atoms with van der Waals surface area (Å²) in [6.45, 7) is 6.61. The number of nitrogens with zero attached hydrogens (tertiary/aromatic N) is 4. The molecule has 0 radical (unpaired) electrons. The van der Waals surface area contributed by atoms with Crippen LogP contribution in [0.1, 0.15) is 30.9 Å². The highest BCUT2D eigenvalue weighted by atomic mass is 32.2. The highest BCUT2D eigenvalue weighted by molar-refractivity contribution is 8.15. The lowest BCUT2D eigenvalue weighted by atomic mass is 9.99. The standard InChI is InChI=1S/C26H32F2N4O2S/c1-19(34-3)25(33)32-26(20-8-5-4-6-9-20,12-7-13-31-16-14-30(2)15-17-31)35-24(29-32)22-18-21(27)10-11-23(22)28/h4-6,8-11,18-19H,7,12-17H2,1-3H3/t19-,26?/m0/s1. The second-order valence-corrected chi connectivity index (χ2v) is 10.3. The molecule has 1 unspecified atom stereocenters. The second-order valence-electron chi connectivity index (χ2n) is 9.06. The van der Waals surface area contributed by atoms with Gasteiger partial charge in [0.25, 0.3) is 5.91 Å². The Hall–Kier alpha value is -2.33. The van der Waals surface area contributed by atoms with E-state index in [4.69, 9.17) is 4.74 Å². The molecule has 35 heavy (non-hydrogen) atoms. The zero-order chi connectivity index (χ0) is 25.0. The van der Waals surface area contributed by atoms with Gasteiger partial charge in [0.2, 0.25) is 0 Å². The molecule has 0 saturated carbocycles. The van der Waals surface area contributed by atoms with E-state index in [9.17, 15) is 13.6 Å². The maximum Gasteiger partial charge on any atom is 0.273 e. The normalized spacial score (nSPS) is 22.3. The lowest BCUT2D eigenvalue weighted by molar-refractivity contribution is -0.144. The molecule has 0 aliphatic carbocycles. The smallest absolute Gasteiger partial charge is 0.273 e. The summed E-state index contributed by atoms with van der Waals surface area (Å²) < 4.78 is 34.1. The van der Waals surface area contributed by atoms with Gasteiger partial charge >= 0.3 is 0 Å². The third-order valence-corrected chi connectivity index (χ3v) is 8.12. The number of carbonyl (C=O) groups is 1. The van der Waals surface area contributed by atoms with Crippen LogP contribution in [0.3, 0.4) is 0 Å². The highest BCUT2D eigenvalue weighted by Gasteiger charge is 2.49. The fourth-order valence-corrected chi connectivity index (χ4v) is 5.89. The van der Waals surface area contributed by atoms with Gasteiger partial charge < -0.3 is 14.5 Å². The minimum absolute atomic E-state index is 0.0507. The van der Waals surface area contributed by atoms with Gasteiger partial charge in [0.15, 0.2) is 0 Å². The zero-order valence-corrected chi connectivity index (χ0v) is 21.2. The number of likely N-dealkylation sites (N-methyl/N-ethyl adjacent to an activating group) is 1. The summed E-state index contributed by atoms with van der Waals surface area (Å²) >= 11 is 1.30. The monoisotopic (exact) mass is 502 g/mol. The van der Waals surface area contributed by atoms with Gasteiger partial charge in [-0.3, -0.25) is 4.79 Å². The first-order chi connectivity index (χ1) is 16.8. The Kier molecular flexibility index (Phi) is 8.21. The van der Waals surface area contributed by atoms with Gasteiger partial charge in [0.1, 0.15) is 27.7 Å². The van der Waals surface area contributed by atoms with Gasteiger partial charge in [-0.05, 0) is 57.1 Å². The van der Waals surface area contributed by atoms with Crippen LogP contribution in [0.15, 0.2) is 53.6 Å². The quantitative estimate of drug-likeness (QED) is 0.544. The van der Waals surface area contributed by atoms with Crippen LogP contribution in [0.25, 0.3) is 0 Å². The summed E-state index contributed by atoms with van der Waals surface area (Å²) in [6.07, 6.45) is 0.669. The zero-order valence-electron chi connectivity index (χ0n) is 20.4. The summed E-state index contributed by atoms with van der Waals surface area (Å²) in [4.78, 5) is 17.3. The average Bonchev–Trinajstić information content (AvgIpc) is 3.26. The maximum atomic E-state index is 14.8. The van der Waals surface area contributed by atoms with Crippen molar-refractivity contribution >= 4 is 22.7 Å². The van der Waals surface area contributed by atoms with Crippen LogP contribution < -0.4 is 0 Å². The van der Waals surface area contributed by atoms with E-state index in [0.29, 0.717) is 6.42 Å². The van der Waals surface area contributed by atoms with Crippen molar-refractivity contribution in [1.29, 1.82) is 0 Å². The number of benzene rings is 2. The molecule has 2 aliphatic rings. The number of hydrogen-bond donors (Lipinski definition) is 0. The van der Waals surface area contributed by atoms with E-state index in [1.165, 1.54) is 23.9 Å². The molecule has 6 nitrogen and oxygen atoms in total. The molecule has 188 valence electrons. The van der Waals surface area contributed by atoms with Crippen molar-refractivity contribution in [2.24, 2.45) is 5.10 Å². The first-order valence-corrected chi connectivity index (χ1v) is 12.7. The third kappa shape index (κ3) is 5.58. The third-order valence-electron chi connectivity index (χ3n) is 6.68. The number of hydrazone groups is 1. The fourth-order valence-electron chi connectivity index (χ4n) is 4.46. The van der Waals surface area contributed by atoms with Crippen molar-refractivity contribution in [2.45, 2.75) is 30.7 Å². The minimum Gasteiger partial charge on any atom is -0.372 e. The number of carbonyl (C=O) groups excluding carboxylic acids is 1. The van der Waals surface area contributed by atoms with Gasteiger partial charge in [-0.15, -0.1) is 0 Å². The molecular weight excluding hydrogens is 470 g/mol. The summed E-state index contributed by atoms with van der Waals surface area (Å²) in [7, 11) is 3.60. The molecule has 1 fully saturated rings. The van der Waals surface area contributed by atoms with Crippen molar-refractivity contribution in [3.8, 4) is 0 Å². The second kappa shape index (κ2) is 11.2.